The fourth-order valence-corrected chi connectivity index (χ4v) is 7.24. The van der Waals surface area contributed by atoms with E-state index in [1.807, 2.05) is 0 Å². The lowest BCUT2D eigenvalue weighted by Gasteiger charge is -2.16. The lowest BCUT2D eigenvalue weighted by atomic mass is 10.1. The van der Waals surface area contributed by atoms with Crippen molar-refractivity contribution in [2.24, 2.45) is 0 Å². The Hall–Kier alpha value is -4.15. The highest BCUT2D eigenvalue weighted by Crippen LogP contribution is 2.42. The summed E-state index contributed by atoms with van der Waals surface area (Å²) in [6.07, 6.45) is -0.412. The first-order valence-electron chi connectivity index (χ1n) is 14.4. The van der Waals surface area contributed by atoms with E-state index >= 15 is 8.78 Å². The van der Waals surface area contributed by atoms with Crippen LogP contribution in [-0.2, 0) is 22.8 Å². The Kier molecular flexibility index (Phi) is 11.3. The van der Waals surface area contributed by atoms with E-state index in [4.69, 9.17) is 24.1 Å². The maximum atomic E-state index is 15.8. The number of aliphatic carboxylic acids is 1. The molecule has 14 heteroatoms. The van der Waals surface area contributed by atoms with E-state index in [0.29, 0.717) is 25.4 Å². The summed E-state index contributed by atoms with van der Waals surface area (Å²) in [4.78, 5) is 47.8. The third kappa shape index (κ3) is 7.76. The summed E-state index contributed by atoms with van der Waals surface area (Å²) in [5.74, 6) is -3.28. The summed E-state index contributed by atoms with van der Waals surface area (Å²) < 4.78 is 55.0. The normalized spacial score (nSPS) is 11.1. The number of carbonyl (C=O) groups excluding carboxylic acids is 3. The van der Waals surface area contributed by atoms with Crippen LogP contribution < -0.4 is 18.9 Å². The topological polar surface area (TPSA) is 125 Å². The first kappa shape index (κ1) is 35.2. The highest BCUT2D eigenvalue weighted by Gasteiger charge is 2.23. The second-order valence-electron chi connectivity index (χ2n) is 10.4. The summed E-state index contributed by atoms with van der Waals surface area (Å²) in [5.41, 5.74) is 1.23. The van der Waals surface area contributed by atoms with Crippen LogP contribution in [0.3, 0.4) is 0 Å². The van der Waals surface area contributed by atoms with Crippen LogP contribution in [-0.4, -0.2) is 40.7 Å². The number of fused-ring (bicyclic) bond motifs is 2. The number of ether oxygens (including phenoxy) is 4. The second-order valence-corrected chi connectivity index (χ2v) is 13.8. The fourth-order valence-electron chi connectivity index (χ4n) is 4.86. The number of carboxylic acid groups (broad SMARTS) is 1. The van der Waals surface area contributed by atoms with Crippen molar-refractivity contribution >= 4 is 86.8 Å². The van der Waals surface area contributed by atoms with Crippen molar-refractivity contribution in [1.82, 2.24) is 0 Å². The average molecular weight is 809 g/mol. The second kappa shape index (κ2) is 15.4. The molecule has 2 heterocycles. The van der Waals surface area contributed by atoms with E-state index in [2.05, 4.69) is 0 Å². The SMILES string of the molecule is COc1cc2sc(C(=O)CCC(=O)O)cc2c(F)c1OCc1ccccc1COc1c(OC)cc2sc(C(=O)CCC(=O)I)cc2c1F. The Labute approximate surface area is 294 Å². The van der Waals surface area contributed by atoms with Gasteiger partial charge in [-0.3, -0.25) is 19.2 Å². The molecule has 0 amide bonds. The minimum atomic E-state index is -1.10. The third-order valence-electron chi connectivity index (χ3n) is 7.33. The zero-order chi connectivity index (χ0) is 34.5. The number of hydrogen-bond acceptors (Lipinski definition) is 10. The molecular formula is C34H27F2IO9S2. The summed E-state index contributed by atoms with van der Waals surface area (Å²) >= 11 is 3.78. The highest BCUT2D eigenvalue weighted by atomic mass is 127. The van der Waals surface area contributed by atoms with Crippen LogP contribution in [0.2, 0.25) is 0 Å². The monoisotopic (exact) mass is 808 g/mol. The summed E-state index contributed by atoms with van der Waals surface area (Å²) in [7, 11) is 2.74. The number of carboxylic acids is 1. The van der Waals surface area contributed by atoms with Crippen LogP contribution in [0.5, 0.6) is 23.0 Å². The zero-order valence-electron chi connectivity index (χ0n) is 25.5. The molecule has 0 fully saturated rings. The minimum Gasteiger partial charge on any atom is -0.493 e. The van der Waals surface area contributed by atoms with Crippen LogP contribution in [0.15, 0.2) is 48.5 Å². The lowest BCUT2D eigenvalue weighted by molar-refractivity contribution is -0.137. The van der Waals surface area contributed by atoms with Gasteiger partial charge in [0.2, 0.25) is 0 Å². The van der Waals surface area contributed by atoms with Crippen molar-refractivity contribution in [1.29, 1.82) is 0 Å². The smallest absolute Gasteiger partial charge is 0.303 e. The lowest BCUT2D eigenvalue weighted by Crippen LogP contribution is -2.06. The quantitative estimate of drug-likeness (QED) is 0.0593. The molecule has 0 unspecified atom stereocenters. The van der Waals surface area contributed by atoms with Crippen LogP contribution in [0.4, 0.5) is 8.78 Å². The van der Waals surface area contributed by atoms with Gasteiger partial charge < -0.3 is 24.1 Å². The van der Waals surface area contributed by atoms with Crippen molar-refractivity contribution in [2.75, 3.05) is 14.2 Å². The van der Waals surface area contributed by atoms with Crippen molar-refractivity contribution in [3.05, 3.63) is 81.0 Å². The molecule has 0 aliphatic carbocycles. The molecule has 0 radical (unpaired) electrons. The molecule has 1 N–H and O–H groups in total. The minimum absolute atomic E-state index is 0.0295. The molecule has 3 aromatic carbocycles. The molecule has 9 nitrogen and oxygen atoms in total. The standard InChI is InChI=1S/C34H27F2IO9S2/c1-43-23-13-25-19(11-27(47-25)21(38)7-9-29(37)40)31(35)33(23)45-15-17-5-3-4-6-18(17)16-46-34-24(44-2)14-26-20(32(34)36)12-28(48-26)22(39)8-10-30(41)42/h3-6,11-14H,7-10,15-16H2,1-2H3,(H,41,42). The van der Waals surface area contributed by atoms with Crippen molar-refractivity contribution in [2.45, 2.75) is 38.9 Å². The van der Waals surface area contributed by atoms with Gasteiger partial charge in [0.15, 0.2) is 50.0 Å². The Balaban J connectivity index is 1.36. The third-order valence-corrected chi connectivity index (χ3v) is 10.1. The van der Waals surface area contributed by atoms with Gasteiger partial charge in [-0.2, -0.15) is 0 Å². The zero-order valence-corrected chi connectivity index (χ0v) is 29.3. The van der Waals surface area contributed by atoms with Crippen LogP contribution in [0.25, 0.3) is 20.2 Å². The van der Waals surface area contributed by atoms with E-state index < -0.39 is 23.4 Å². The number of hydrogen-bond donors (Lipinski definition) is 1. The molecule has 250 valence electrons. The van der Waals surface area contributed by atoms with Gasteiger partial charge in [0.25, 0.3) is 0 Å². The maximum Gasteiger partial charge on any atom is 0.303 e. The van der Waals surface area contributed by atoms with Gasteiger partial charge in [0.1, 0.15) is 13.2 Å². The predicted molar refractivity (Wildman–Crippen MR) is 186 cm³/mol. The van der Waals surface area contributed by atoms with Crippen molar-refractivity contribution in [3.63, 3.8) is 0 Å². The van der Waals surface area contributed by atoms with E-state index in [0.717, 1.165) is 22.7 Å². The van der Waals surface area contributed by atoms with Gasteiger partial charge in [0, 0.05) is 51.6 Å². The summed E-state index contributed by atoms with van der Waals surface area (Å²) in [6.45, 7) is -0.210. The Morgan fingerprint density at radius 3 is 1.54 bits per heavy atom. The van der Waals surface area contributed by atoms with Crippen LogP contribution in [0.1, 0.15) is 56.2 Å². The molecule has 0 aliphatic rings. The van der Waals surface area contributed by atoms with Gasteiger partial charge >= 0.3 is 5.97 Å². The van der Waals surface area contributed by atoms with Crippen LogP contribution >= 0.6 is 45.3 Å². The Bertz CT molecular complexity index is 1910. The Morgan fingerprint density at radius 1 is 0.708 bits per heavy atom. The summed E-state index contributed by atoms with van der Waals surface area (Å²) in [6, 6.07) is 13.0. The molecule has 0 aliphatic heterocycles. The molecule has 5 rings (SSSR count). The van der Waals surface area contributed by atoms with Gasteiger partial charge in [-0.1, -0.05) is 24.3 Å². The molecule has 48 heavy (non-hydrogen) atoms. The van der Waals surface area contributed by atoms with E-state index in [-0.39, 0.29) is 87.1 Å². The number of methoxy groups -OCH3 is 2. The number of rotatable bonds is 16. The first-order chi connectivity index (χ1) is 23.0. The van der Waals surface area contributed by atoms with Gasteiger partial charge in [-0.25, -0.2) is 8.78 Å². The van der Waals surface area contributed by atoms with E-state index in [1.165, 1.54) is 26.4 Å². The molecule has 2 aromatic heterocycles. The first-order valence-corrected chi connectivity index (χ1v) is 17.1. The van der Waals surface area contributed by atoms with Crippen LogP contribution in [0, 0.1) is 11.6 Å². The van der Waals surface area contributed by atoms with Gasteiger partial charge in [-0.15, -0.1) is 22.7 Å². The number of Topliss-reactive ketones (excluding diaryl/α,β-unsaturated/α-hetero) is 2. The average Bonchev–Trinajstić information content (AvgIpc) is 3.71. The summed E-state index contributed by atoms with van der Waals surface area (Å²) in [5, 5.41) is 9.22. The molecule has 0 bridgehead atoms. The number of thiophene rings is 2. The number of benzene rings is 3. The largest absolute Gasteiger partial charge is 0.493 e. The number of carbonyl (C=O) groups is 4. The highest BCUT2D eigenvalue weighted by molar-refractivity contribution is 14.1. The van der Waals surface area contributed by atoms with Gasteiger partial charge in [-0.05, 0) is 45.9 Å². The number of ketones is 2. The molecule has 0 spiro atoms. The van der Waals surface area contributed by atoms with Gasteiger partial charge in [0.05, 0.1) is 30.4 Å². The molecular weight excluding hydrogens is 781 g/mol. The molecule has 0 saturated carbocycles. The molecule has 0 saturated heterocycles. The van der Waals surface area contributed by atoms with E-state index in [9.17, 15) is 19.2 Å². The predicted octanol–water partition coefficient (Wildman–Crippen LogP) is 8.54. The number of halogens is 3. The van der Waals surface area contributed by atoms with E-state index in [1.54, 1.807) is 59.0 Å². The maximum absolute atomic E-state index is 15.8. The molecule has 5 aromatic rings. The fraction of sp³-hybridized carbons (Fsp3) is 0.235. The van der Waals surface area contributed by atoms with Crippen molar-refractivity contribution < 1.29 is 52.0 Å². The van der Waals surface area contributed by atoms with Crippen molar-refractivity contribution in [3.8, 4) is 23.0 Å². The molecule has 0 atom stereocenters. The Morgan fingerprint density at radius 2 is 1.15 bits per heavy atom.